The lowest BCUT2D eigenvalue weighted by atomic mass is 10.2. The van der Waals surface area contributed by atoms with Gasteiger partial charge in [-0.15, -0.1) is 0 Å². The van der Waals surface area contributed by atoms with Gasteiger partial charge in [0.25, 0.3) is 5.17 Å². The molecule has 0 aliphatic carbocycles. The van der Waals surface area contributed by atoms with Crippen LogP contribution in [0.4, 0.5) is 5.69 Å². The molecule has 0 saturated heterocycles. The Labute approximate surface area is 130 Å². The van der Waals surface area contributed by atoms with E-state index in [0.29, 0.717) is 18.3 Å². The van der Waals surface area contributed by atoms with E-state index >= 15 is 0 Å². The largest absolute Gasteiger partial charge is 0.466 e. The van der Waals surface area contributed by atoms with Gasteiger partial charge in [0.2, 0.25) is 0 Å². The Bertz CT molecular complexity index is 572. The molecule has 0 aliphatic rings. The number of anilines is 1. The van der Waals surface area contributed by atoms with Crippen LogP contribution < -0.4 is 10.4 Å². The summed E-state index contributed by atoms with van der Waals surface area (Å²) >= 11 is 5.19. The van der Waals surface area contributed by atoms with Gasteiger partial charge in [0.15, 0.2) is 0 Å². The molecule has 0 aromatic heterocycles. The second-order valence-electron chi connectivity index (χ2n) is 4.41. The molecule has 108 valence electrons. The van der Waals surface area contributed by atoms with Crippen LogP contribution >= 0.6 is 12.2 Å². The fourth-order valence-corrected chi connectivity index (χ4v) is 2.02. The number of hydrazine groups is 1. The molecule has 2 aromatic carbocycles. The smallest absolute Gasteiger partial charge is 0.276 e. The maximum atomic E-state index is 5.34. The lowest BCUT2D eigenvalue weighted by Gasteiger charge is -2.26. The number of thiocarbonyl (C=S) groups is 1. The Kier molecular flexibility index (Phi) is 5.79. The van der Waals surface area contributed by atoms with E-state index in [1.165, 1.54) is 5.56 Å². The average molecular weight is 298 g/mol. The number of nitrogens with zero attached hydrogens (tertiary/aromatic N) is 1. The summed E-state index contributed by atoms with van der Waals surface area (Å²) in [7, 11) is 0. The van der Waals surface area contributed by atoms with Crippen LogP contribution in [0, 0.1) is 0 Å². The summed E-state index contributed by atoms with van der Waals surface area (Å²) < 4.78 is 5.34. The fraction of sp³-hybridized carbons (Fsp3) is 0.118. The molecule has 2 aromatic rings. The van der Waals surface area contributed by atoms with E-state index in [2.05, 4.69) is 24.1 Å². The van der Waals surface area contributed by atoms with Crippen LogP contribution in [0.1, 0.15) is 5.56 Å². The molecule has 0 atom stereocenters. The molecule has 0 spiro atoms. The predicted molar refractivity (Wildman–Crippen MR) is 90.9 cm³/mol. The van der Waals surface area contributed by atoms with E-state index in [9.17, 15) is 0 Å². The van der Waals surface area contributed by atoms with Crippen molar-refractivity contribution in [2.24, 2.45) is 0 Å². The summed E-state index contributed by atoms with van der Waals surface area (Å²) in [5.41, 5.74) is 5.31. The van der Waals surface area contributed by atoms with Gasteiger partial charge in [0, 0.05) is 0 Å². The molecule has 3 nitrogen and oxygen atoms in total. The fourth-order valence-electron chi connectivity index (χ4n) is 1.85. The van der Waals surface area contributed by atoms with Crippen LogP contribution in [0.5, 0.6) is 0 Å². The molecule has 21 heavy (non-hydrogen) atoms. The number of ether oxygens (including phenoxy) is 1. The van der Waals surface area contributed by atoms with Gasteiger partial charge in [-0.05, 0) is 29.9 Å². The number of hydrogen-bond donors (Lipinski definition) is 1. The molecule has 0 fully saturated rings. The van der Waals surface area contributed by atoms with Crippen molar-refractivity contribution in [3.63, 3.8) is 0 Å². The number of benzene rings is 2. The SMILES string of the molecule is C=CCOC(=S)NN(Cc1ccccc1)c1ccccc1. The van der Waals surface area contributed by atoms with Crippen LogP contribution in [-0.4, -0.2) is 11.8 Å². The van der Waals surface area contributed by atoms with Gasteiger partial charge in [-0.25, -0.2) is 0 Å². The van der Waals surface area contributed by atoms with Crippen molar-refractivity contribution in [3.05, 3.63) is 78.9 Å². The van der Waals surface area contributed by atoms with Crippen molar-refractivity contribution in [2.45, 2.75) is 6.54 Å². The van der Waals surface area contributed by atoms with Crippen molar-refractivity contribution in [1.29, 1.82) is 0 Å². The summed E-state index contributed by atoms with van der Waals surface area (Å²) in [5.74, 6) is 0. The summed E-state index contributed by atoms with van der Waals surface area (Å²) in [6.07, 6.45) is 1.66. The molecule has 0 radical (unpaired) electrons. The van der Waals surface area contributed by atoms with Gasteiger partial charge in [-0.2, -0.15) is 0 Å². The first-order valence-electron chi connectivity index (χ1n) is 6.70. The number of hydrogen-bond acceptors (Lipinski definition) is 3. The monoisotopic (exact) mass is 298 g/mol. The van der Waals surface area contributed by atoms with Crippen LogP contribution in [0.2, 0.25) is 0 Å². The molecule has 0 aliphatic heterocycles. The van der Waals surface area contributed by atoms with Gasteiger partial charge >= 0.3 is 0 Å². The van der Waals surface area contributed by atoms with E-state index in [1.807, 2.05) is 53.5 Å². The van der Waals surface area contributed by atoms with Gasteiger partial charge < -0.3 is 4.74 Å². The maximum Gasteiger partial charge on any atom is 0.276 e. The first kappa shape index (κ1) is 15.1. The lowest BCUT2D eigenvalue weighted by molar-refractivity contribution is 0.340. The van der Waals surface area contributed by atoms with E-state index in [0.717, 1.165) is 5.69 Å². The van der Waals surface area contributed by atoms with Crippen molar-refractivity contribution >= 4 is 23.1 Å². The highest BCUT2D eigenvalue weighted by molar-refractivity contribution is 7.80. The standard InChI is InChI=1S/C17H18N2OS/c1-2-13-20-17(21)18-19(16-11-7-4-8-12-16)14-15-9-5-3-6-10-15/h2-12H,1,13-14H2,(H,18,21). The first-order valence-corrected chi connectivity index (χ1v) is 7.11. The summed E-state index contributed by atoms with van der Waals surface area (Å²) in [6, 6.07) is 20.2. The number of nitrogens with one attached hydrogen (secondary N) is 1. The molecule has 0 amide bonds. The second-order valence-corrected chi connectivity index (χ2v) is 4.78. The number of rotatable bonds is 6. The minimum absolute atomic E-state index is 0.328. The zero-order valence-electron chi connectivity index (χ0n) is 11.7. The highest BCUT2D eigenvalue weighted by Gasteiger charge is 2.09. The number of para-hydroxylation sites is 1. The molecule has 0 saturated carbocycles. The molecule has 0 heterocycles. The Morgan fingerprint density at radius 2 is 1.71 bits per heavy atom. The third kappa shape index (κ3) is 4.93. The van der Waals surface area contributed by atoms with Crippen LogP contribution in [-0.2, 0) is 11.3 Å². The second kappa shape index (κ2) is 8.07. The highest BCUT2D eigenvalue weighted by Crippen LogP contribution is 2.14. The normalized spacial score (nSPS) is 9.71. The third-order valence-electron chi connectivity index (χ3n) is 2.81. The van der Waals surface area contributed by atoms with Crippen LogP contribution in [0.25, 0.3) is 0 Å². The summed E-state index contributed by atoms with van der Waals surface area (Å²) in [4.78, 5) is 0. The van der Waals surface area contributed by atoms with Crippen LogP contribution in [0.3, 0.4) is 0 Å². The highest BCUT2D eigenvalue weighted by atomic mass is 32.1. The third-order valence-corrected chi connectivity index (χ3v) is 3.02. The zero-order valence-corrected chi connectivity index (χ0v) is 12.6. The molecular formula is C17H18N2OS. The minimum atomic E-state index is 0.328. The van der Waals surface area contributed by atoms with Crippen molar-refractivity contribution in [2.75, 3.05) is 11.6 Å². The minimum Gasteiger partial charge on any atom is -0.466 e. The lowest BCUT2D eigenvalue weighted by Crippen LogP contribution is -2.42. The Balaban J connectivity index is 2.11. The topological polar surface area (TPSA) is 24.5 Å². The summed E-state index contributed by atoms with van der Waals surface area (Å²) in [5, 5.41) is 2.29. The molecular weight excluding hydrogens is 280 g/mol. The van der Waals surface area contributed by atoms with E-state index < -0.39 is 0 Å². The Hall–Kier alpha value is -2.33. The van der Waals surface area contributed by atoms with Crippen LogP contribution in [0.15, 0.2) is 73.3 Å². The average Bonchev–Trinajstić information content (AvgIpc) is 2.54. The van der Waals surface area contributed by atoms with E-state index in [-0.39, 0.29) is 0 Å². The maximum absolute atomic E-state index is 5.34. The van der Waals surface area contributed by atoms with E-state index in [4.69, 9.17) is 17.0 Å². The van der Waals surface area contributed by atoms with Gasteiger partial charge in [-0.3, -0.25) is 10.4 Å². The molecule has 2 rings (SSSR count). The predicted octanol–water partition coefficient (Wildman–Crippen LogP) is 3.69. The summed E-state index contributed by atoms with van der Waals surface area (Å²) in [6.45, 7) is 4.68. The van der Waals surface area contributed by atoms with Gasteiger partial charge in [0.1, 0.15) is 6.61 Å². The molecule has 4 heteroatoms. The van der Waals surface area contributed by atoms with E-state index in [1.54, 1.807) is 6.08 Å². The molecule has 1 N–H and O–H groups in total. The molecule has 0 bridgehead atoms. The van der Waals surface area contributed by atoms with Crippen molar-refractivity contribution in [1.82, 2.24) is 5.43 Å². The quantitative estimate of drug-likeness (QED) is 0.499. The zero-order chi connectivity index (χ0) is 14.9. The Morgan fingerprint density at radius 1 is 1.10 bits per heavy atom. The van der Waals surface area contributed by atoms with Crippen molar-refractivity contribution in [3.8, 4) is 0 Å². The first-order chi connectivity index (χ1) is 10.3. The molecule has 0 unspecified atom stereocenters. The Morgan fingerprint density at radius 3 is 2.33 bits per heavy atom. The van der Waals surface area contributed by atoms with Crippen molar-refractivity contribution < 1.29 is 4.74 Å². The van der Waals surface area contributed by atoms with Gasteiger partial charge in [0.05, 0.1) is 12.2 Å². The van der Waals surface area contributed by atoms with Gasteiger partial charge in [-0.1, -0.05) is 61.2 Å².